The standard InChI is InChI=1S/C25H28N2O3/c1-18(23-12-6-8-19-7-3-4-11-24(19)23)26-16-22-17-27(13-14-30-22)21-10-5-9-20(15-21)25(28)29-2/h3-12,15,18,22,26H,13-14,16-17H2,1-2H3/t18-,22?/m1/s1. The number of ether oxygens (including phenoxy) is 2. The van der Waals surface area contributed by atoms with Crippen LogP contribution >= 0.6 is 0 Å². The molecule has 0 radical (unpaired) electrons. The van der Waals surface area contributed by atoms with E-state index in [9.17, 15) is 4.79 Å². The highest BCUT2D eigenvalue weighted by atomic mass is 16.5. The van der Waals surface area contributed by atoms with E-state index < -0.39 is 0 Å². The highest BCUT2D eigenvalue weighted by molar-refractivity contribution is 5.90. The first kappa shape index (κ1) is 20.4. The van der Waals surface area contributed by atoms with Crippen LogP contribution in [-0.4, -0.2) is 45.4 Å². The molecule has 1 aliphatic heterocycles. The van der Waals surface area contributed by atoms with Crippen molar-refractivity contribution in [3.8, 4) is 0 Å². The van der Waals surface area contributed by atoms with E-state index in [0.717, 1.165) is 25.3 Å². The summed E-state index contributed by atoms with van der Waals surface area (Å²) in [7, 11) is 1.41. The number of carbonyl (C=O) groups is 1. The van der Waals surface area contributed by atoms with E-state index in [-0.39, 0.29) is 18.1 Å². The molecule has 0 saturated carbocycles. The van der Waals surface area contributed by atoms with Gasteiger partial charge in [0.15, 0.2) is 0 Å². The molecule has 5 nitrogen and oxygen atoms in total. The van der Waals surface area contributed by atoms with Gasteiger partial charge in [0.05, 0.1) is 25.4 Å². The van der Waals surface area contributed by atoms with Gasteiger partial charge < -0.3 is 19.7 Å². The molecular weight excluding hydrogens is 376 g/mol. The van der Waals surface area contributed by atoms with Gasteiger partial charge in [-0.25, -0.2) is 4.79 Å². The molecule has 2 atom stereocenters. The summed E-state index contributed by atoms with van der Waals surface area (Å²) in [6.45, 7) is 5.21. The molecule has 0 amide bonds. The van der Waals surface area contributed by atoms with Gasteiger partial charge in [-0.15, -0.1) is 0 Å². The minimum atomic E-state index is -0.313. The second-order valence-corrected chi connectivity index (χ2v) is 7.68. The number of rotatable bonds is 6. The summed E-state index contributed by atoms with van der Waals surface area (Å²) in [5, 5.41) is 6.19. The van der Waals surface area contributed by atoms with Gasteiger partial charge in [-0.2, -0.15) is 0 Å². The lowest BCUT2D eigenvalue weighted by molar-refractivity contribution is 0.0395. The Morgan fingerprint density at radius 3 is 2.83 bits per heavy atom. The second kappa shape index (κ2) is 9.28. The molecule has 1 N–H and O–H groups in total. The van der Waals surface area contributed by atoms with Gasteiger partial charge in [0, 0.05) is 31.4 Å². The largest absolute Gasteiger partial charge is 0.465 e. The van der Waals surface area contributed by atoms with Gasteiger partial charge in [-0.05, 0) is 41.5 Å². The molecule has 1 unspecified atom stereocenters. The number of hydrogen-bond donors (Lipinski definition) is 1. The lowest BCUT2D eigenvalue weighted by Gasteiger charge is -2.35. The molecule has 0 spiro atoms. The summed E-state index contributed by atoms with van der Waals surface area (Å²) in [5.74, 6) is -0.313. The average Bonchev–Trinajstić information content (AvgIpc) is 2.82. The summed E-state index contributed by atoms with van der Waals surface area (Å²) in [5.41, 5.74) is 2.89. The average molecular weight is 405 g/mol. The first-order chi connectivity index (χ1) is 14.7. The minimum absolute atomic E-state index is 0.0814. The van der Waals surface area contributed by atoms with Crippen molar-refractivity contribution in [3.63, 3.8) is 0 Å². The molecule has 156 valence electrons. The molecule has 1 saturated heterocycles. The number of esters is 1. The van der Waals surface area contributed by atoms with Gasteiger partial charge in [-0.3, -0.25) is 0 Å². The number of benzene rings is 3. The van der Waals surface area contributed by atoms with Crippen LogP contribution in [0.15, 0.2) is 66.7 Å². The second-order valence-electron chi connectivity index (χ2n) is 7.68. The fourth-order valence-corrected chi connectivity index (χ4v) is 4.07. The SMILES string of the molecule is COC(=O)c1cccc(N2CCOC(CN[C@H](C)c3cccc4ccccc34)C2)c1. The summed E-state index contributed by atoms with van der Waals surface area (Å²) < 4.78 is 10.9. The maximum absolute atomic E-state index is 11.8. The molecule has 4 rings (SSSR count). The van der Waals surface area contributed by atoms with Crippen molar-refractivity contribution in [2.24, 2.45) is 0 Å². The zero-order valence-corrected chi connectivity index (χ0v) is 17.5. The van der Waals surface area contributed by atoms with Crippen LogP contribution in [0.1, 0.15) is 28.9 Å². The van der Waals surface area contributed by atoms with E-state index in [2.05, 4.69) is 59.6 Å². The molecule has 1 fully saturated rings. The van der Waals surface area contributed by atoms with E-state index in [1.54, 1.807) is 6.07 Å². The van der Waals surface area contributed by atoms with Crippen molar-refractivity contribution in [3.05, 3.63) is 77.9 Å². The third-order valence-corrected chi connectivity index (χ3v) is 5.71. The molecule has 1 aliphatic rings. The van der Waals surface area contributed by atoms with Gasteiger partial charge >= 0.3 is 5.97 Å². The van der Waals surface area contributed by atoms with E-state index >= 15 is 0 Å². The van der Waals surface area contributed by atoms with Gasteiger partial charge in [0.25, 0.3) is 0 Å². The van der Waals surface area contributed by atoms with E-state index in [1.807, 2.05) is 18.2 Å². The first-order valence-corrected chi connectivity index (χ1v) is 10.4. The van der Waals surface area contributed by atoms with Crippen LogP contribution in [0.2, 0.25) is 0 Å². The number of anilines is 1. The Balaban J connectivity index is 1.40. The number of carbonyl (C=O) groups excluding carboxylic acids is 1. The van der Waals surface area contributed by atoms with Crippen LogP contribution in [0.3, 0.4) is 0 Å². The van der Waals surface area contributed by atoms with Crippen LogP contribution in [0.4, 0.5) is 5.69 Å². The molecule has 3 aromatic rings. The zero-order chi connectivity index (χ0) is 20.9. The van der Waals surface area contributed by atoms with E-state index in [1.165, 1.54) is 23.4 Å². The minimum Gasteiger partial charge on any atom is -0.465 e. The number of fused-ring (bicyclic) bond motifs is 1. The summed E-state index contributed by atoms with van der Waals surface area (Å²) in [6, 6.07) is 22.7. The Morgan fingerprint density at radius 2 is 1.97 bits per heavy atom. The number of hydrogen-bond acceptors (Lipinski definition) is 5. The van der Waals surface area contributed by atoms with E-state index in [0.29, 0.717) is 12.2 Å². The van der Waals surface area contributed by atoms with Crippen LogP contribution in [-0.2, 0) is 9.47 Å². The van der Waals surface area contributed by atoms with Gasteiger partial charge in [-0.1, -0.05) is 48.5 Å². The van der Waals surface area contributed by atoms with Crippen molar-refractivity contribution in [1.82, 2.24) is 5.32 Å². The molecule has 0 bridgehead atoms. The maximum atomic E-state index is 11.8. The lowest BCUT2D eigenvalue weighted by Crippen LogP contribution is -2.47. The van der Waals surface area contributed by atoms with Crippen molar-refractivity contribution in [2.45, 2.75) is 19.1 Å². The monoisotopic (exact) mass is 404 g/mol. The highest BCUT2D eigenvalue weighted by Gasteiger charge is 2.22. The Bertz CT molecular complexity index is 1010. The topological polar surface area (TPSA) is 50.8 Å². The lowest BCUT2D eigenvalue weighted by atomic mass is 9.99. The highest BCUT2D eigenvalue weighted by Crippen LogP contribution is 2.24. The Kier molecular flexibility index (Phi) is 6.31. The third kappa shape index (κ3) is 4.48. The predicted molar refractivity (Wildman–Crippen MR) is 120 cm³/mol. The summed E-state index contributed by atoms with van der Waals surface area (Å²) in [6.07, 6.45) is 0.0814. The van der Waals surface area contributed by atoms with Crippen LogP contribution < -0.4 is 10.2 Å². The normalized spacial score (nSPS) is 17.7. The van der Waals surface area contributed by atoms with Gasteiger partial charge in [0.2, 0.25) is 0 Å². The molecule has 3 aromatic carbocycles. The summed E-state index contributed by atoms with van der Waals surface area (Å²) >= 11 is 0. The first-order valence-electron chi connectivity index (χ1n) is 10.4. The maximum Gasteiger partial charge on any atom is 0.337 e. The predicted octanol–water partition coefficient (Wildman–Crippen LogP) is 4.18. The Hall–Kier alpha value is -2.89. The number of nitrogens with one attached hydrogen (secondary N) is 1. The molecule has 0 aliphatic carbocycles. The molecule has 30 heavy (non-hydrogen) atoms. The number of methoxy groups -OCH3 is 1. The zero-order valence-electron chi connectivity index (χ0n) is 17.5. The number of morpholine rings is 1. The third-order valence-electron chi connectivity index (χ3n) is 5.71. The fraction of sp³-hybridized carbons (Fsp3) is 0.320. The smallest absolute Gasteiger partial charge is 0.337 e. The van der Waals surface area contributed by atoms with Crippen LogP contribution in [0, 0.1) is 0 Å². The number of nitrogens with zero attached hydrogens (tertiary/aromatic N) is 1. The van der Waals surface area contributed by atoms with Crippen molar-refractivity contribution < 1.29 is 14.3 Å². The Morgan fingerprint density at radius 1 is 1.17 bits per heavy atom. The molecule has 1 heterocycles. The van der Waals surface area contributed by atoms with E-state index in [4.69, 9.17) is 9.47 Å². The molecule has 0 aromatic heterocycles. The Labute approximate surface area is 177 Å². The van der Waals surface area contributed by atoms with Crippen LogP contribution in [0.5, 0.6) is 0 Å². The molecular formula is C25H28N2O3. The fourth-order valence-electron chi connectivity index (χ4n) is 4.07. The quantitative estimate of drug-likeness (QED) is 0.625. The van der Waals surface area contributed by atoms with Crippen LogP contribution in [0.25, 0.3) is 10.8 Å². The van der Waals surface area contributed by atoms with Crippen molar-refractivity contribution in [2.75, 3.05) is 38.3 Å². The molecule has 5 heteroatoms. The van der Waals surface area contributed by atoms with Gasteiger partial charge in [0.1, 0.15) is 0 Å². The van der Waals surface area contributed by atoms with Crippen molar-refractivity contribution >= 4 is 22.4 Å². The summed E-state index contributed by atoms with van der Waals surface area (Å²) in [4.78, 5) is 14.1. The van der Waals surface area contributed by atoms with Crippen molar-refractivity contribution in [1.29, 1.82) is 0 Å².